The number of benzene rings is 1. The summed E-state index contributed by atoms with van der Waals surface area (Å²) in [6.45, 7) is 5.82. The van der Waals surface area contributed by atoms with Crippen LogP contribution in [0.2, 0.25) is 5.02 Å². The van der Waals surface area contributed by atoms with E-state index in [-0.39, 0.29) is 12.1 Å². The third-order valence-electron chi connectivity index (χ3n) is 4.33. The molecule has 1 saturated heterocycles. The molecule has 1 aromatic carbocycles. The summed E-state index contributed by atoms with van der Waals surface area (Å²) in [6, 6.07) is 3.99. The van der Waals surface area contributed by atoms with Crippen LogP contribution < -0.4 is 5.32 Å². The summed E-state index contributed by atoms with van der Waals surface area (Å²) in [4.78, 5) is 4.48. The monoisotopic (exact) mass is 319 g/mol. The fourth-order valence-corrected chi connectivity index (χ4v) is 3.22. The molecule has 0 bridgehead atoms. The van der Waals surface area contributed by atoms with Crippen LogP contribution in [0.5, 0.6) is 0 Å². The van der Waals surface area contributed by atoms with E-state index in [4.69, 9.17) is 11.6 Å². The first-order valence-electron chi connectivity index (χ1n) is 7.75. The Labute approximate surface area is 135 Å². The Morgan fingerprint density at radius 1 is 1.55 bits per heavy atom. The Bertz CT molecular complexity index is 707. The molecule has 0 spiro atoms. The number of imidazole rings is 1. The van der Waals surface area contributed by atoms with Gasteiger partial charge in [0.2, 0.25) is 0 Å². The molecule has 2 heterocycles. The molecule has 4 nitrogen and oxygen atoms in total. The van der Waals surface area contributed by atoms with Crippen molar-refractivity contribution in [3.05, 3.63) is 40.7 Å². The number of halogens is 1. The van der Waals surface area contributed by atoms with Gasteiger partial charge in [-0.2, -0.15) is 0 Å². The lowest BCUT2D eigenvalue weighted by molar-refractivity contribution is 0.115. The minimum absolute atomic E-state index is 0.0553. The van der Waals surface area contributed by atoms with Crippen LogP contribution in [0, 0.1) is 6.92 Å². The second-order valence-corrected chi connectivity index (χ2v) is 6.52. The second kappa shape index (κ2) is 6.41. The minimum Gasteiger partial charge on any atom is -0.391 e. The van der Waals surface area contributed by atoms with E-state index < -0.39 is 0 Å². The maximum atomic E-state index is 10.0. The van der Waals surface area contributed by atoms with Crippen molar-refractivity contribution in [1.29, 1.82) is 0 Å². The van der Waals surface area contributed by atoms with E-state index in [0.29, 0.717) is 0 Å². The van der Waals surface area contributed by atoms with Gasteiger partial charge in [0.1, 0.15) is 0 Å². The molecule has 0 amide bonds. The number of fused-ring (bicyclic) bond motifs is 1. The Morgan fingerprint density at radius 3 is 3.14 bits per heavy atom. The van der Waals surface area contributed by atoms with Gasteiger partial charge < -0.3 is 15.0 Å². The summed E-state index contributed by atoms with van der Waals surface area (Å²) in [6.07, 6.45) is 5.61. The SMILES string of the molecule is C/C(=C\[C@H]1NCCC[C@@H]1O)Cn1cnc2c(C)c(Cl)ccc21. The van der Waals surface area contributed by atoms with Crippen molar-refractivity contribution in [3.63, 3.8) is 0 Å². The number of aromatic nitrogens is 2. The predicted molar refractivity (Wildman–Crippen MR) is 90.3 cm³/mol. The van der Waals surface area contributed by atoms with Crippen LogP contribution in [0.15, 0.2) is 30.1 Å². The average molecular weight is 320 g/mol. The van der Waals surface area contributed by atoms with Crippen molar-refractivity contribution in [1.82, 2.24) is 14.9 Å². The first-order chi connectivity index (χ1) is 10.6. The van der Waals surface area contributed by atoms with Crippen LogP contribution in [0.4, 0.5) is 0 Å². The molecular formula is C17H22ClN3O. The van der Waals surface area contributed by atoms with Crippen molar-refractivity contribution < 1.29 is 5.11 Å². The van der Waals surface area contributed by atoms with Crippen LogP contribution in [-0.4, -0.2) is 33.3 Å². The lowest BCUT2D eigenvalue weighted by Crippen LogP contribution is -2.43. The highest BCUT2D eigenvalue weighted by molar-refractivity contribution is 6.32. The van der Waals surface area contributed by atoms with Gasteiger partial charge in [-0.05, 0) is 50.9 Å². The van der Waals surface area contributed by atoms with Gasteiger partial charge in [0.05, 0.1) is 29.5 Å². The first-order valence-corrected chi connectivity index (χ1v) is 8.13. The third kappa shape index (κ3) is 3.05. The topological polar surface area (TPSA) is 50.1 Å². The molecule has 0 aliphatic carbocycles. The molecule has 2 aromatic rings. The largest absolute Gasteiger partial charge is 0.391 e. The number of nitrogens with zero attached hydrogens (tertiary/aromatic N) is 2. The summed E-state index contributed by atoms with van der Waals surface area (Å²) in [5.74, 6) is 0. The first kappa shape index (κ1) is 15.5. The number of aliphatic hydroxyl groups excluding tert-OH is 1. The highest BCUT2D eigenvalue weighted by Crippen LogP contribution is 2.24. The molecule has 0 saturated carbocycles. The van der Waals surface area contributed by atoms with Crippen molar-refractivity contribution >= 4 is 22.6 Å². The number of hydrogen-bond donors (Lipinski definition) is 2. The average Bonchev–Trinajstić information content (AvgIpc) is 2.89. The second-order valence-electron chi connectivity index (χ2n) is 6.12. The zero-order chi connectivity index (χ0) is 15.7. The Hall–Kier alpha value is -1.36. The predicted octanol–water partition coefficient (Wildman–Crippen LogP) is 3.06. The molecule has 0 unspecified atom stereocenters. The van der Waals surface area contributed by atoms with Crippen LogP contribution in [0.25, 0.3) is 11.0 Å². The lowest BCUT2D eigenvalue weighted by Gasteiger charge is -2.27. The van der Waals surface area contributed by atoms with E-state index in [0.717, 1.165) is 47.6 Å². The van der Waals surface area contributed by atoms with Crippen molar-refractivity contribution in [2.45, 2.75) is 45.4 Å². The van der Waals surface area contributed by atoms with Gasteiger partial charge in [0.15, 0.2) is 0 Å². The van der Waals surface area contributed by atoms with Crippen LogP contribution in [0.3, 0.4) is 0 Å². The van der Waals surface area contributed by atoms with Gasteiger partial charge in [0.25, 0.3) is 0 Å². The van der Waals surface area contributed by atoms with Crippen molar-refractivity contribution in [2.24, 2.45) is 0 Å². The highest BCUT2D eigenvalue weighted by Gasteiger charge is 2.20. The summed E-state index contributed by atoms with van der Waals surface area (Å²) in [5, 5.41) is 14.2. The van der Waals surface area contributed by atoms with E-state index in [1.54, 1.807) is 0 Å². The normalized spacial score (nSPS) is 23.2. The zero-order valence-corrected chi connectivity index (χ0v) is 13.8. The molecule has 22 heavy (non-hydrogen) atoms. The molecule has 0 radical (unpaired) electrons. The van der Waals surface area contributed by atoms with E-state index in [9.17, 15) is 5.11 Å². The maximum Gasteiger partial charge on any atom is 0.0961 e. The molecule has 2 atom stereocenters. The number of aryl methyl sites for hydroxylation is 1. The summed E-state index contributed by atoms with van der Waals surface area (Å²) < 4.78 is 2.12. The molecule has 3 rings (SSSR count). The van der Waals surface area contributed by atoms with Gasteiger partial charge in [-0.3, -0.25) is 0 Å². The quantitative estimate of drug-likeness (QED) is 0.855. The summed E-state index contributed by atoms with van der Waals surface area (Å²) in [7, 11) is 0. The van der Waals surface area contributed by atoms with E-state index in [1.165, 1.54) is 5.57 Å². The maximum absolute atomic E-state index is 10.0. The fourth-order valence-electron chi connectivity index (χ4n) is 3.07. The molecule has 1 aliphatic heterocycles. The molecular weight excluding hydrogens is 298 g/mol. The zero-order valence-electron chi connectivity index (χ0n) is 13.0. The minimum atomic E-state index is -0.288. The molecule has 1 fully saturated rings. The number of hydrogen-bond acceptors (Lipinski definition) is 3. The van der Waals surface area contributed by atoms with Crippen LogP contribution >= 0.6 is 11.6 Å². The van der Waals surface area contributed by atoms with E-state index >= 15 is 0 Å². The van der Waals surface area contributed by atoms with Gasteiger partial charge in [-0.25, -0.2) is 4.98 Å². The Kier molecular flexibility index (Phi) is 4.52. The summed E-state index contributed by atoms with van der Waals surface area (Å²) >= 11 is 6.15. The number of allylic oxidation sites excluding steroid dienone is 1. The van der Waals surface area contributed by atoms with Gasteiger partial charge in [0, 0.05) is 11.6 Å². The smallest absolute Gasteiger partial charge is 0.0961 e. The lowest BCUT2D eigenvalue weighted by atomic mass is 9.99. The van der Waals surface area contributed by atoms with Gasteiger partial charge >= 0.3 is 0 Å². The highest BCUT2D eigenvalue weighted by atomic mass is 35.5. The Morgan fingerprint density at radius 2 is 2.36 bits per heavy atom. The van der Waals surface area contributed by atoms with Crippen molar-refractivity contribution in [2.75, 3.05) is 6.54 Å². The third-order valence-corrected chi connectivity index (χ3v) is 4.74. The molecule has 1 aromatic heterocycles. The van der Waals surface area contributed by atoms with Gasteiger partial charge in [-0.15, -0.1) is 0 Å². The fraction of sp³-hybridized carbons (Fsp3) is 0.471. The van der Waals surface area contributed by atoms with Crippen molar-refractivity contribution in [3.8, 4) is 0 Å². The van der Waals surface area contributed by atoms with Crippen LogP contribution in [-0.2, 0) is 6.54 Å². The molecule has 5 heteroatoms. The van der Waals surface area contributed by atoms with Gasteiger partial charge in [-0.1, -0.05) is 23.3 Å². The summed E-state index contributed by atoms with van der Waals surface area (Å²) in [5.41, 5.74) is 4.28. The number of piperidine rings is 1. The standard InChI is InChI=1S/C17H22ClN3O/c1-11(8-14-16(22)4-3-7-19-14)9-21-10-20-17-12(2)13(18)5-6-15(17)21/h5-6,8,10,14,16,19,22H,3-4,7,9H2,1-2H3/b11-8+/t14-,16+/m1/s1. The number of rotatable bonds is 3. The molecule has 118 valence electrons. The number of nitrogens with one attached hydrogen (secondary N) is 1. The van der Waals surface area contributed by atoms with E-state index in [1.807, 2.05) is 25.4 Å². The van der Waals surface area contributed by atoms with E-state index in [2.05, 4.69) is 27.9 Å². The molecule has 2 N–H and O–H groups in total. The number of aliphatic hydroxyl groups is 1. The Balaban J connectivity index is 1.82. The van der Waals surface area contributed by atoms with Crippen LogP contribution in [0.1, 0.15) is 25.3 Å². The molecule has 1 aliphatic rings.